The van der Waals surface area contributed by atoms with E-state index in [0.29, 0.717) is 0 Å². The maximum absolute atomic E-state index is 4.37. The van der Waals surface area contributed by atoms with Crippen LogP contribution in [0.4, 0.5) is 0 Å². The molecule has 0 aliphatic carbocycles. The van der Waals surface area contributed by atoms with Gasteiger partial charge in [0.2, 0.25) is 0 Å². The molecule has 5 nitrogen and oxygen atoms in total. The van der Waals surface area contributed by atoms with E-state index in [-0.39, 0.29) is 0 Å². The number of benzene rings is 1. The first-order valence-electron chi connectivity index (χ1n) is 8.72. The molecule has 1 heterocycles. The predicted octanol–water partition coefficient (Wildman–Crippen LogP) is 3.21. The van der Waals surface area contributed by atoms with Gasteiger partial charge in [0, 0.05) is 46.1 Å². The van der Waals surface area contributed by atoms with Crippen molar-refractivity contribution in [2.75, 3.05) is 20.6 Å². The molecule has 0 saturated heterocycles. The lowest BCUT2D eigenvalue weighted by molar-refractivity contribution is 0.470. The minimum atomic E-state index is 0.759. The van der Waals surface area contributed by atoms with Crippen LogP contribution in [0.5, 0.6) is 0 Å². The molecule has 0 amide bonds. The van der Waals surface area contributed by atoms with E-state index in [2.05, 4.69) is 62.7 Å². The Morgan fingerprint density at radius 2 is 2.20 bits per heavy atom. The molecule has 2 aromatic rings. The number of aryl methyl sites for hydroxylation is 1. The van der Waals surface area contributed by atoms with Gasteiger partial charge in [-0.3, -0.25) is 4.99 Å². The second-order valence-electron chi connectivity index (χ2n) is 6.18. The van der Waals surface area contributed by atoms with Crippen molar-refractivity contribution in [2.24, 2.45) is 4.99 Å². The summed E-state index contributed by atoms with van der Waals surface area (Å²) in [6.45, 7) is 8.36. The zero-order valence-corrected chi connectivity index (χ0v) is 15.6. The Labute approximate surface area is 151 Å². The highest BCUT2D eigenvalue weighted by atomic mass is 15.3. The lowest BCUT2D eigenvalue weighted by Gasteiger charge is -2.22. The SMILES string of the molecule is C=CCCCN(C)C(=NC)NCc1cccc(Cn2ccnc2C)c1. The van der Waals surface area contributed by atoms with Gasteiger partial charge in [-0.05, 0) is 30.9 Å². The molecule has 0 aliphatic rings. The fraction of sp³-hybridized carbons (Fsp3) is 0.400. The lowest BCUT2D eigenvalue weighted by Crippen LogP contribution is -2.38. The van der Waals surface area contributed by atoms with Gasteiger partial charge in [-0.2, -0.15) is 0 Å². The molecule has 1 aromatic heterocycles. The first kappa shape index (κ1) is 18.8. The number of hydrogen-bond acceptors (Lipinski definition) is 2. The third kappa shape index (κ3) is 5.78. The van der Waals surface area contributed by atoms with E-state index in [1.165, 1.54) is 11.1 Å². The Kier molecular flexibility index (Phi) is 7.26. The van der Waals surface area contributed by atoms with E-state index >= 15 is 0 Å². The highest BCUT2D eigenvalue weighted by molar-refractivity contribution is 5.79. The molecule has 0 atom stereocenters. The zero-order valence-electron chi connectivity index (χ0n) is 15.6. The third-order valence-electron chi connectivity index (χ3n) is 4.19. The van der Waals surface area contributed by atoms with E-state index in [4.69, 9.17) is 0 Å². The number of aromatic nitrogens is 2. The second kappa shape index (κ2) is 9.67. The topological polar surface area (TPSA) is 45.5 Å². The molecule has 1 N–H and O–H groups in total. The molecule has 134 valence electrons. The van der Waals surface area contributed by atoms with E-state index < -0.39 is 0 Å². The van der Waals surface area contributed by atoms with Crippen LogP contribution >= 0.6 is 0 Å². The highest BCUT2D eigenvalue weighted by Gasteiger charge is 2.06. The summed E-state index contributed by atoms with van der Waals surface area (Å²) in [5, 5.41) is 3.44. The van der Waals surface area contributed by atoms with Gasteiger partial charge in [0.15, 0.2) is 5.96 Å². The third-order valence-corrected chi connectivity index (χ3v) is 4.19. The highest BCUT2D eigenvalue weighted by Crippen LogP contribution is 2.09. The molecular formula is C20H29N5. The summed E-state index contributed by atoms with van der Waals surface area (Å²) < 4.78 is 2.15. The van der Waals surface area contributed by atoms with Crippen LogP contribution in [-0.4, -0.2) is 41.1 Å². The molecule has 5 heteroatoms. The molecule has 1 aromatic carbocycles. The maximum Gasteiger partial charge on any atom is 0.193 e. The number of rotatable bonds is 8. The van der Waals surface area contributed by atoms with Gasteiger partial charge in [0.25, 0.3) is 0 Å². The number of allylic oxidation sites excluding steroid dienone is 1. The molecular weight excluding hydrogens is 310 g/mol. The summed E-state index contributed by atoms with van der Waals surface area (Å²) in [5.74, 6) is 1.95. The van der Waals surface area contributed by atoms with Gasteiger partial charge in [0.05, 0.1) is 0 Å². The molecule has 0 spiro atoms. The van der Waals surface area contributed by atoms with Crippen LogP contribution in [0.2, 0.25) is 0 Å². The second-order valence-corrected chi connectivity index (χ2v) is 6.18. The van der Waals surface area contributed by atoms with Gasteiger partial charge < -0.3 is 14.8 Å². The van der Waals surface area contributed by atoms with Crippen molar-refractivity contribution >= 4 is 5.96 Å². The Morgan fingerprint density at radius 3 is 2.88 bits per heavy atom. The Balaban J connectivity index is 1.92. The summed E-state index contributed by atoms with van der Waals surface area (Å²) in [4.78, 5) is 10.8. The van der Waals surface area contributed by atoms with Gasteiger partial charge >= 0.3 is 0 Å². The van der Waals surface area contributed by atoms with Crippen molar-refractivity contribution in [3.05, 3.63) is 66.3 Å². The molecule has 0 saturated carbocycles. The van der Waals surface area contributed by atoms with E-state index in [1.807, 2.05) is 32.4 Å². The lowest BCUT2D eigenvalue weighted by atomic mass is 10.1. The Bertz CT molecular complexity index is 702. The summed E-state index contributed by atoms with van der Waals surface area (Å²) in [5.41, 5.74) is 2.52. The fourth-order valence-electron chi connectivity index (χ4n) is 2.75. The summed E-state index contributed by atoms with van der Waals surface area (Å²) in [6.07, 6.45) is 7.92. The smallest absolute Gasteiger partial charge is 0.193 e. The largest absolute Gasteiger partial charge is 0.352 e. The van der Waals surface area contributed by atoms with E-state index in [9.17, 15) is 0 Å². The monoisotopic (exact) mass is 339 g/mol. The summed E-state index contributed by atoms with van der Waals surface area (Å²) in [6, 6.07) is 8.63. The molecule has 0 bridgehead atoms. The van der Waals surface area contributed by atoms with Crippen LogP contribution in [0.25, 0.3) is 0 Å². The van der Waals surface area contributed by atoms with Crippen LogP contribution < -0.4 is 5.32 Å². The van der Waals surface area contributed by atoms with Crippen molar-refractivity contribution in [3.8, 4) is 0 Å². The van der Waals surface area contributed by atoms with Crippen LogP contribution in [0.3, 0.4) is 0 Å². The Morgan fingerprint density at radius 1 is 1.40 bits per heavy atom. The molecule has 2 rings (SSSR count). The number of imidazole rings is 1. The van der Waals surface area contributed by atoms with Crippen molar-refractivity contribution in [1.29, 1.82) is 0 Å². The predicted molar refractivity (Wildman–Crippen MR) is 105 cm³/mol. The number of aliphatic imine (C=N–C) groups is 1. The fourth-order valence-corrected chi connectivity index (χ4v) is 2.75. The standard InChI is InChI=1S/C20H29N5/c1-5-6-7-12-24(4)20(21-3)23-15-18-9-8-10-19(14-18)16-25-13-11-22-17(25)2/h5,8-11,13-14H,1,6-7,12,15-16H2,2-4H3,(H,21,23). The average Bonchev–Trinajstić information content (AvgIpc) is 3.01. The molecule has 25 heavy (non-hydrogen) atoms. The van der Waals surface area contributed by atoms with Gasteiger partial charge in [-0.25, -0.2) is 4.98 Å². The quantitative estimate of drug-likeness (QED) is 0.348. The number of hydrogen-bond donors (Lipinski definition) is 1. The number of nitrogens with zero attached hydrogens (tertiary/aromatic N) is 4. The van der Waals surface area contributed by atoms with Crippen molar-refractivity contribution in [3.63, 3.8) is 0 Å². The van der Waals surface area contributed by atoms with Gasteiger partial charge in [-0.1, -0.05) is 30.3 Å². The minimum absolute atomic E-state index is 0.759. The molecule has 0 radical (unpaired) electrons. The number of guanidine groups is 1. The maximum atomic E-state index is 4.37. The van der Waals surface area contributed by atoms with Gasteiger partial charge in [0.1, 0.15) is 5.82 Å². The van der Waals surface area contributed by atoms with Crippen molar-refractivity contribution in [2.45, 2.75) is 32.9 Å². The Hall–Kier alpha value is -2.56. The normalized spacial score (nSPS) is 11.4. The van der Waals surface area contributed by atoms with Crippen LogP contribution in [0.1, 0.15) is 29.8 Å². The summed E-state index contributed by atoms with van der Waals surface area (Å²) >= 11 is 0. The first-order valence-corrected chi connectivity index (χ1v) is 8.72. The number of nitrogens with one attached hydrogen (secondary N) is 1. The molecule has 0 unspecified atom stereocenters. The van der Waals surface area contributed by atoms with Crippen LogP contribution in [0.15, 0.2) is 54.3 Å². The van der Waals surface area contributed by atoms with Crippen LogP contribution in [-0.2, 0) is 13.1 Å². The average molecular weight is 339 g/mol. The van der Waals surface area contributed by atoms with E-state index in [0.717, 1.165) is 44.3 Å². The summed E-state index contributed by atoms with van der Waals surface area (Å²) in [7, 11) is 3.89. The first-order chi connectivity index (χ1) is 12.1. The number of unbranched alkanes of at least 4 members (excludes halogenated alkanes) is 1. The van der Waals surface area contributed by atoms with Crippen molar-refractivity contribution < 1.29 is 0 Å². The zero-order chi connectivity index (χ0) is 18.1. The van der Waals surface area contributed by atoms with Gasteiger partial charge in [-0.15, -0.1) is 6.58 Å². The minimum Gasteiger partial charge on any atom is -0.352 e. The van der Waals surface area contributed by atoms with Crippen molar-refractivity contribution in [1.82, 2.24) is 19.8 Å². The van der Waals surface area contributed by atoms with Crippen LogP contribution in [0, 0.1) is 6.92 Å². The molecule has 0 aliphatic heterocycles. The van der Waals surface area contributed by atoms with E-state index in [1.54, 1.807) is 0 Å². The molecule has 0 fully saturated rings.